The highest BCUT2D eigenvalue weighted by atomic mass is 16.5. The van der Waals surface area contributed by atoms with E-state index in [1.165, 1.54) is 0 Å². The Morgan fingerprint density at radius 1 is 1.32 bits per heavy atom. The van der Waals surface area contributed by atoms with Crippen molar-refractivity contribution in [3.63, 3.8) is 0 Å². The number of hydrogen-bond acceptors (Lipinski definition) is 5. The van der Waals surface area contributed by atoms with Crippen molar-refractivity contribution in [3.05, 3.63) is 23.8 Å². The number of carbonyl (C=O) groups excluding carboxylic acids is 2. The highest BCUT2D eigenvalue weighted by Gasteiger charge is 2.27. The van der Waals surface area contributed by atoms with Gasteiger partial charge in [-0.25, -0.2) is 0 Å². The molecule has 7 nitrogen and oxygen atoms in total. The first-order chi connectivity index (χ1) is 12.1. The molecule has 1 atom stereocenters. The summed E-state index contributed by atoms with van der Waals surface area (Å²) in [5.74, 6) is 0.580. The second-order valence-corrected chi connectivity index (χ2v) is 6.06. The number of hydrogen-bond donors (Lipinski definition) is 2. The molecule has 0 aromatic heterocycles. The number of benzene rings is 1. The quantitative estimate of drug-likeness (QED) is 0.689. The average Bonchev–Trinajstić information content (AvgIpc) is 2.62. The third-order valence-corrected chi connectivity index (χ3v) is 4.16. The van der Waals surface area contributed by atoms with Crippen LogP contribution in [0.25, 0.3) is 0 Å². The monoisotopic (exact) mass is 349 g/mol. The van der Waals surface area contributed by atoms with Gasteiger partial charge in [0.05, 0.1) is 24.8 Å². The molecule has 25 heavy (non-hydrogen) atoms. The Morgan fingerprint density at radius 3 is 2.84 bits per heavy atom. The zero-order valence-electron chi connectivity index (χ0n) is 15.1. The summed E-state index contributed by atoms with van der Waals surface area (Å²) in [5.41, 5.74) is 1.38. The summed E-state index contributed by atoms with van der Waals surface area (Å²) >= 11 is 0. The normalized spacial score (nSPS) is 16.0. The predicted octanol–water partition coefficient (Wildman–Crippen LogP) is 1.18. The van der Waals surface area contributed by atoms with Crippen LogP contribution in [0.4, 0.5) is 5.69 Å². The van der Waals surface area contributed by atoms with E-state index in [1.807, 2.05) is 18.9 Å². The van der Waals surface area contributed by atoms with Gasteiger partial charge in [0.15, 0.2) is 0 Å². The summed E-state index contributed by atoms with van der Waals surface area (Å²) in [4.78, 5) is 26.2. The van der Waals surface area contributed by atoms with Crippen LogP contribution in [-0.4, -0.2) is 58.3 Å². The summed E-state index contributed by atoms with van der Waals surface area (Å²) in [6, 6.07) is 5.28. The van der Waals surface area contributed by atoms with Crippen LogP contribution < -0.4 is 20.3 Å². The minimum absolute atomic E-state index is 0.0132. The minimum atomic E-state index is -0.156. The van der Waals surface area contributed by atoms with Gasteiger partial charge in [-0.3, -0.25) is 9.59 Å². The molecular formula is C18H27N3O4. The fraction of sp³-hybridized carbons (Fsp3) is 0.556. The van der Waals surface area contributed by atoms with Gasteiger partial charge >= 0.3 is 0 Å². The number of rotatable bonds is 8. The number of fused-ring (bicyclic) bond motifs is 1. The lowest BCUT2D eigenvalue weighted by Crippen LogP contribution is -2.44. The Balaban J connectivity index is 2.05. The molecule has 1 aliphatic heterocycles. The highest BCUT2D eigenvalue weighted by Crippen LogP contribution is 2.34. The van der Waals surface area contributed by atoms with Crippen molar-refractivity contribution < 1.29 is 19.1 Å². The van der Waals surface area contributed by atoms with E-state index >= 15 is 0 Å². The SMILES string of the molecule is CCCNC(=O)CC1COc2ccc(C(=O)NCCOC)cc2N1C. The average molecular weight is 349 g/mol. The number of nitrogens with zero attached hydrogens (tertiary/aromatic N) is 1. The Kier molecular flexibility index (Phi) is 7.06. The topological polar surface area (TPSA) is 79.9 Å². The molecule has 0 bridgehead atoms. The number of nitrogens with one attached hydrogen (secondary N) is 2. The summed E-state index contributed by atoms with van der Waals surface area (Å²) in [6.07, 6.45) is 1.27. The molecule has 2 rings (SSSR count). The van der Waals surface area contributed by atoms with E-state index in [-0.39, 0.29) is 17.9 Å². The number of amides is 2. The van der Waals surface area contributed by atoms with Gasteiger partial charge in [-0.1, -0.05) is 6.92 Å². The van der Waals surface area contributed by atoms with E-state index < -0.39 is 0 Å². The van der Waals surface area contributed by atoms with Crippen LogP contribution in [0.3, 0.4) is 0 Å². The van der Waals surface area contributed by atoms with Crippen molar-refractivity contribution in [2.75, 3.05) is 45.4 Å². The van der Waals surface area contributed by atoms with Crippen LogP contribution in [0.15, 0.2) is 18.2 Å². The van der Waals surface area contributed by atoms with Gasteiger partial charge in [-0.2, -0.15) is 0 Å². The summed E-state index contributed by atoms with van der Waals surface area (Å²) < 4.78 is 10.7. The lowest BCUT2D eigenvalue weighted by Gasteiger charge is -2.35. The fourth-order valence-electron chi connectivity index (χ4n) is 2.67. The van der Waals surface area contributed by atoms with E-state index in [9.17, 15) is 9.59 Å². The van der Waals surface area contributed by atoms with Crippen LogP contribution in [0.1, 0.15) is 30.1 Å². The molecule has 2 amide bonds. The lowest BCUT2D eigenvalue weighted by molar-refractivity contribution is -0.121. The van der Waals surface area contributed by atoms with Crippen LogP contribution in [-0.2, 0) is 9.53 Å². The third-order valence-electron chi connectivity index (χ3n) is 4.16. The molecule has 1 aliphatic rings. The molecule has 138 valence electrons. The number of ether oxygens (including phenoxy) is 2. The van der Waals surface area contributed by atoms with Crippen molar-refractivity contribution in [1.82, 2.24) is 10.6 Å². The zero-order chi connectivity index (χ0) is 18.2. The van der Waals surface area contributed by atoms with Crippen molar-refractivity contribution in [2.24, 2.45) is 0 Å². The second-order valence-electron chi connectivity index (χ2n) is 6.06. The van der Waals surface area contributed by atoms with Gasteiger partial charge in [-0.05, 0) is 24.6 Å². The Labute approximate surface area is 148 Å². The Bertz CT molecular complexity index is 606. The first-order valence-corrected chi connectivity index (χ1v) is 8.60. The molecule has 1 aromatic carbocycles. The number of likely N-dealkylation sites (N-methyl/N-ethyl adjacent to an activating group) is 1. The van der Waals surface area contributed by atoms with Gasteiger partial charge in [0.2, 0.25) is 5.91 Å². The van der Waals surface area contributed by atoms with Crippen molar-refractivity contribution in [3.8, 4) is 5.75 Å². The van der Waals surface area contributed by atoms with Crippen LogP contribution in [0.5, 0.6) is 5.75 Å². The summed E-state index contributed by atoms with van der Waals surface area (Å²) in [7, 11) is 3.51. The molecule has 0 radical (unpaired) electrons. The summed E-state index contributed by atoms with van der Waals surface area (Å²) in [5, 5.41) is 5.69. The van der Waals surface area contributed by atoms with Gasteiger partial charge in [0, 0.05) is 32.8 Å². The molecule has 0 spiro atoms. The molecule has 1 unspecified atom stereocenters. The van der Waals surface area contributed by atoms with Crippen molar-refractivity contribution >= 4 is 17.5 Å². The van der Waals surface area contributed by atoms with Crippen LogP contribution in [0, 0.1) is 0 Å². The largest absolute Gasteiger partial charge is 0.489 e. The van der Waals surface area contributed by atoms with E-state index in [2.05, 4.69) is 10.6 Å². The molecule has 1 heterocycles. The predicted molar refractivity (Wildman–Crippen MR) is 96.3 cm³/mol. The fourth-order valence-corrected chi connectivity index (χ4v) is 2.67. The Hall–Kier alpha value is -2.28. The molecule has 0 fully saturated rings. The van der Waals surface area contributed by atoms with Gasteiger partial charge in [0.25, 0.3) is 5.91 Å². The van der Waals surface area contributed by atoms with E-state index in [0.717, 1.165) is 17.9 Å². The summed E-state index contributed by atoms with van der Waals surface area (Å²) in [6.45, 7) is 4.07. The molecule has 0 saturated heterocycles. The maximum absolute atomic E-state index is 12.2. The third kappa shape index (κ3) is 5.09. The maximum atomic E-state index is 12.2. The first-order valence-electron chi connectivity index (χ1n) is 8.60. The standard InChI is InChI=1S/C18H27N3O4/c1-4-7-19-17(22)11-14-12-25-16-6-5-13(10-15(16)21(14)2)18(23)20-8-9-24-3/h5-6,10,14H,4,7-9,11-12H2,1-3H3,(H,19,22)(H,20,23). The second kappa shape index (κ2) is 9.27. The van der Waals surface area contributed by atoms with E-state index in [1.54, 1.807) is 25.3 Å². The first kappa shape index (κ1) is 19.1. The molecule has 1 aromatic rings. The van der Waals surface area contributed by atoms with Crippen molar-refractivity contribution in [2.45, 2.75) is 25.8 Å². The van der Waals surface area contributed by atoms with Gasteiger partial charge in [-0.15, -0.1) is 0 Å². The van der Waals surface area contributed by atoms with E-state index in [4.69, 9.17) is 9.47 Å². The lowest BCUT2D eigenvalue weighted by atomic mass is 10.1. The Morgan fingerprint density at radius 2 is 2.12 bits per heavy atom. The zero-order valence-corrected chi connectivity index (χ0v) is 15.1. The smallest absolute Gasteiger partial charge is 0.251 e. The minimum Gasteiger partial charge on any atom is -0.489 e. The molecule has 0 saturated carbocycles. The highest BCUT2D eigenvalue weighted by molar-refractivity contribution is 5.95. The van der Waals surface area contributed by atoms with Crippen LogP contribution in [0.2, 0.25) is 0 Å². The number of anilines is 1. The number of carbonyl (C=O) groups is 2. The molecular weight excluding hydrogens is 322 g/mol. The van der Waals surface area contributed by atoms with Crippen LogP contribution >= 0.6 is 0 Å². The van der Waals surface area contributed by atoms with E-state index in [0.29, 0.717) is 38.3 Å². The molecule has 0 aliphatic carbocycles. The molecule has 7 heteroatoms. The van der Waals surface area contributed by atoms with Crippen molar-refractivity contribution in [1.29, 1.82) is 0 Å². The number of methoxy groups -OCH3 is 1. The van der Waals surface area contributed by atoms with Gasteiger partial charge in [0.1, 0.15) is 12.4 Å². The van der Waals surface area contributed by atoms with Gasteiger partial charge < -0.3 is 25.0 Å². The molecule has 2 N–H and O–H groups in total. The maximum Gasteiger partial charge on any atom is 0.251 e.